The molecular formula is C16H21NO2S. The lowest BCUT2D eigenvalue weighted by Gasteiger charge is -2.19. The predicted molar refractivity (Wildman–Crippen MR) is 84.5 cm³/mol. The summed E-state index contributed by atoms with van der Waals surface area (Å²) in [6.07, 6.45) is 0.468. The van der Waals surface area contributed by atoms with E-state index in [-0.39, 0.29) is 18.4 Å². The first-order chi connectivity index (χ1) is 9.61. The minimum atomic E-state index is 0.0604. The Bertz CT molecular complexity index is 544. The molecule has 2 rings (SSSR count). The third kappa shape index (κ3) is 3.66. The Morgan fingerprint density at radius 2 is 2.10 bits per heavy atom. The standard InChI is InChI=1S/C16H21NO2S/c1-11(2)13(10-18)17-8-7-14(19)16-9-12-5-3-4-6-15(12)20-16/h3-6,9,11,13,17-18H,7-8,10H2,1-2H3. The molecule has 0 saturated carbocycles. The van der Waals surface area contributed by atoms with Crippen LogP contribution in [0.4, 0.5) is 0 Å². The van der Waals surface area contributed by atoms with Gasteiger partial charge in [-0.15, -0.1) is 11.3 Å². The molecule has 0 fully saturated rings. The van der Waals surface area contributed by atoms with Gasteiger partial charge in [-0.05, 0) is 23.4 Å². The van der Waals surface area contributed by atoms with Gasteiger partial charge in [-0.1, -0.05) is 32.0 Å². The monoisotopic (exact) mass is 291 g/mol. The lowest BCUT2D eigenvalue weighted by Crippen LogP contribution is -2.38. The maximum absolute atomic E-state index is 12.2. The number of carbonyl (C=O) groups excluding carboxylic acids is 1. The number of thiophene rings is 1. The van der Waals surface area contributed by atoms with E-state index in [0.29, 0.717) is 18.9 Å². The molecule has 0 aliphatic carbocycles. The zero-order valence-corrected chi connectivity index (χ0v) is 12.7. The topological polar surface area (TPSA) is 49.3 Å². The average Bonchev–Trinajstić information content (AvgIpc) is 2.87. The lowest BCUT2D eigenvalue weighted by atomic mass is 10.1. The molecule has 108 valence electrons. The van der Waals surface area contributed by atoms with Gasteiger partial charge < -0.3 is 10.4 Å². The Labute approximate surface area is 123 Å². The fraction of sp³-hybridized carbons (Fsp3) is 0.438. The van der Waals surface area contributed by atoms with Crippen molar-refractivity contribution in [3.63, 3.8) is 0 Å². The molecule has 2 aromatic rings. The molecule has 1 aromatic heterocycles. The van der Waals surface area contributed by atoms with Crippen LogP contribution in [0, 0.1) is 5.92 Å². The molecular weight excluding hydrogens is 270 g/mol. The van der Waals surface area contributed by atoms with Crippen molar-refractivity contribution in [2.45, 2.75) is 26.3 Å². The molecule has 0 saturated heterocycles. The number of hydrogen-bond donors (Lipinski definition) is 2. The highest BCUT2D eigenvalue weighted by molar-refractivity contribution is 7.20. The van der Waals surface area contributed by atoms with Crippen LogP contribution in [-0.4, -0.2) is 30.1 Å². The quantitative estimate of drug-likeness (QED) is 0.771. The minimum absolute atomic E-state index is 0.0604. The van der Waals surface area contributed by atoms with Gasteiger partial charge in [0, 0.05) is 23.7 Å². The van der Waals surface area contributed by atoms with Gasteiger partial charge in [0.05, 0.1) is 11.5 Å². The van der Waals surface area contributed by atoms with Crippen molar-refractivity contribution in [2.75, 3.05) is 13.2 Å². The number of carbonyl (C=O) groups is 1. The molecule has 1 unspecified atom stereocenters. The van der Waals surface area contributed by atoms with Crippen molar-refractivity contribution < 1.29 is 9.90 Å². The van der Waals surface area contributed by atoms with Crippen LogP contribution in [0.25, 0.3) is 10.1 Å². The number of ketones is 1. The molecule has 0 aliphatic rings. The Kier molecular flexibility index (Phi) is 5.29. The molecule has 20 heavy (non-hydrogen) atoms. The molecule has 1 aromatic carbocycles. The van der Waals surface area contributed by atoms with Crippen molar-refractivity contribution in [1.82, 2.24) is 5.32 Å². The Balaban J connectivity index is 1.91. The zero-order valence-electron chi connectivity index (χ0n) is 11.9. The maximum atomic E-state index is 12.2. The van der Waals surface area contributed by atoms with E-state index in [4.69, 9.17) is 0 Å². The summed E-state index contributed by atoms with van der Waals surface area (Å²) < 4.78 is 1.15. The van der Waals surface area contributed by atoms with Crippen LogP contribution in [0.2, 0.25) is 0 Å². The number of aliphatic hydroxyl groups is 1. The van der Waals surface area contributed by atoms with E-state index in [1.807, 2.05) is 30.3 Å². The number of Topliss-reactive ketones (excluding diaryl/α,β-unsaturated/α-hetero) is 1. The smallest absolute Gasteiger partial charge is 0.174 e. The zero-order chi connectivity index (χ0) is 14.5. The lowest BCUT2D eigenvalue weighted by molar-refractivity contribution is 0.0982. The van der Waals surface area contributed by atoms with Crippen LogP contribution < -0.4 is 5.32 Å². The second-order valence-corrected chi connectivity index (χ2v) is 6.39. The van der Waals surface area contributed by atoms with Crippen molar-refractivity contribution in [2.24, 2.45) is 5.92 Å². The van der Waals surface area contributed by atoms with Gasteiger partial charge in [0.15, 0.2) is 5.78 Å². The number of aliphatic hydroxyl groups excluding tert-OH is 1. The van der Waals surface area contributed by atoms with Gasteiger partial charge in [0.1, 0.15) is 0 Å². The molecule has 4 heteroatoms. The molecule has 0 bridgehead atoms. The Morgan fingerprint density at radius 3 is 2.75 bits per heavy atom. The van der Waals surface area contributed by atoms with E-state index < -0.39 is 0 Å². The average molecular weight is 291 g/mol. The van der Waals surface area contributed by atoms with Gasteiger partial charge in [-0.2, -0.15) is 0 Å². The molecule has 3 nitrogen and oxygen atoms in total. The van der Waals surface area contributed by atoms with Crippen LogP contribution in [-0.2, 0) is 0 Å². The summed E-state index contributed by atoms with van der Waals surface area (Å²) in [5.41, 5.74) is 0. The summed E-state index contributed by atoms with van der Waals surface area (Å²) in [4.78, 5) is 13.0. The van der Waals surface area contributed by atoms with Crippen LogP contribution >= 0.6 is 11.3 Å². The van der Waals surface area contributed by atoms with Gasteiger partial charge >= 0.3 is 0 Å². The second kappa shape index (κ2) is 6.97. The first kappa shape index (κ1) is 15.2. The minimum Gasteiger partial charge on any atom is -0.395 e. The van der Waals surface area contributed by atoms with Crippen molar-refractivity contribution in [1.29, 1.82) is 0 Å². The van der Waals surface area contributed by atoms with Crippen molar-refractivity contribution in [3.05, 3.63) is 35.2 Å². The van der Waals surface area contributed by atoms with Gasteiger partial charge in [0.25, 0.3) is 0 Å². The molecule has 0 aliphatic heterocycles. The molecule has 1 heterocycles. The predicted octanol–water partition coefficient (Wildman–Crippen LogP) is 3.08. The third-order valence-corrected chi connectivity index (χ3v) is 4.62. The number of benzene rings is 1. The summed E-state index contributed by atoms with van der Waals surface area (Å²) in [7, 11) is 0. The van der Waals surface area contributed by atoms with E-state index in [1.165, 1.54) is 0 Å². The summed E-state index contributed by atoms with van der Waals surface area (Å²) >= 11 is 1.55. The summed E-state index contributed by atoms with van der Waals surface area (Å²) in [5.74, 6) is 0.526. The third-order valence-electron chi connectivity index (χ3n) is 3.46. The highest BCUT2D eigenvalue weighted by Gasteiger charge is 2.13. The number of nitrogens with one attached hydrogen (secondary N) is 1. The summed E-state index contributed by atoms with van der Waals surface area (Å²) in [6.45, 7) is 4.83. The fourth-order valence-corrected chi connectivity index (χ4v) is 3.15. The van der Waals surface area contributed by atoms with Crippen LogP contribution in [0.3, 0.4) is 0 Å². The van der Waals surface area contributed by atoms with E-state index >= 15 is 0 Å². The molecule has 0 radical (unpaired) electrons. The van der Waals surface area contributed by atoms with Crippen molar-refractivity contribution in [3.8, 4) is 0 Å². The van der Waals surface area contributed by atoms with Crippen LogP contribution in [0.1, 0.15) is 29.9 Å². The highest BCUT2D eigenvalue weighted by Crippen LogP contribution is 2.26. The van der Waals surface area contributed by atoms with E-state index in [1.54, 1.807) is 11.3 Å². The Morgan fingerprint density at radius 1 is 1.35 bits per heavy atom. The van der Waals surface area contributed by atoms with E-state index in [9.17, 15) is 9.90 Å². The van der Waals surface area contributed by atoms with Gasteiger partial charge in [-0.3, -0.25) is 4.79 Å². The number of rotatable bonds is 7. The molecule has 0 spiro atoms. The summed E-state index contributed by atoms with van der Waals surface area (Å²) in [5, 5.41) is 13.6. The largest absolute Gasteiger partial charge is 0.395 e. The second-order valence-electron chi connectivity index (χ2n) is 5.31. The highest BCUT2D eigenvalue weighted by atomic mass is 32.1. The first-order valence-electron chi connectivity index (χ1n) is 6.98. The van der Waals surface area contributed by atoms with E-state index in [0.717, 1.165) is 15.0 Å². The van der Waals surface area contributed by atoms with Crippen LogP contribution in [0.15, 0.2) is 30.3 Å². The van der Waals surface area contributed by atoms with Crippen LogP contribution in [0.5, 0.6) is 0 Å². The summed E-state index contributed by atoms with van der Waals surface area (Å²) in [6, 6.07) is 10.1. The number of fused-ring (bicyclic) bond motifs is 1. The SMILES string of the molecule is CC(C)C(CO)NCCC(=O)c1cc2ccccc2s1. The number of hydrogen-bond acceptors (Lipinski definition) is 4. The fourth-order valence-electron chi connectivity index (χ4n) is 2.12. The first-order valence-corrected chi connectivity index (χ1v) is 7.79. The van der Waals surface area contributed by atoms with Gasteiger partial charge in [-0.25, -0.2) is 0 Å². The molecule has 2 N–H and O–H groups in total. The Hall–Kier alpha value is -1.23. The molecule has 1 atom stereocenters. The molecule has 0 amide bonds. The maximum Gasteiger partial charge on any atom is 0.174 e. The van der Waals surface area contributed by atoms with E-state index in [2.05, 4.69) is 19.2 Å². The van der Waals surface area contributed by atoms with Gasteiger partial charge in [0.2, 0.25) is 0 Å². The van der Waals surface area contributed by atoms with Crippen molar-refractivity contribution >= 4 is 27.2 Å². The normalized spacial score (nSPS) is 13.0.